The Bertz CT molecular complexity index is 669. The highest BCUT2D eigenvalue weighted by atomic mass is 32.1. The van der Waals surface area contributed by atoms with Gasteiger partial charge in [-0.2, -0.15) is 17.7 Å². The van der Waals surface area contributed by atoms with E-state index in [1.165, 1.54) is 0 Å². The Hall–Kier alpha value is -2.14. The fraction of sp³-hybridized carbons (Fsp3) is 0.133. The number of nitrogens with zero attached hydrogens (tertiary/aromatic N) is 2. The highest BCUT2D eigenvalue weighted by Crippen LogP contribution is 2.19. The molecule has 0 fully saturated rings. The van der Waals surface area contributed by atoms with Crippen molar-refractivity contribution in [3.05, 3.63) is 53.6 Å². The monoisotopic (exact) mass is 283 g/mol. The first-order valence-electron chi connectivity index (χ1n) is 6.31. The maximum Gasteiger partial charge on any atom is 0.276 e. The number of nitrogens with one attached hydrogen (secondary N) is 1. The van der Waals surface area contributed by atoms with Crippen LogP contribution in [0.25, 0.3) is 0 Å². The van der Waals surface area contributed by atoms with Gasteiger partial charge in [-0.25, -0.2) is 0 Å². The van der Waals surface area contributed by atoms with E-state index in [4.69, 9.17) is 0 Å². The van der Waals surface area contributed by atoms with E-state index in [0.717, 1.165) is 29.0 Å². The van der Waals surface area contributed by atoms with E-state index >= 15 is 0 Å². The van der Waals surface area contributed by atoms with Gasteiger partial charge in [-0.05, 0) is 17.7 Å². The molecule has 0 spiro atoms. The van der Waals surface area contributed by atoms with E-state index in [-0.39, 0.29) is 5.91 Å². The molecule has 100 valence electrons. The summed E-state index contributed by atoms with van der Waals surface area (Å²) < 4.78 is 0. The number of benzene rings is 1. The molecule has 1 N–H and O–H groups in total. The van der Waals surface area contributed by atoms with Crippen molar-refractivity contribution in [3.63, 3.8) is 0 Å². The van der Waals surface area contributed by atoms with Gasteiger partial charge in [0, 0.05) is 23.4 Å². The predicted octanol–water partition coefficient (Wildman–Crippen LogP) is 2.75. The van der Waals surface area contributed by atoms with E-state index in [1.807, 2.05) is 42.5 Å². The molecule has 3 rings (SSSR count). The molecule has 1 aromatic carbocycles. The van der Waals surface area contributed by atoms with Crippen LogP contribution in [0.2, 0.25) is 0 Å². The molecule has 2 aliphatic rings. The lowest BCUT2D eigenvalue weighted by Crippen LogP contribution is -2.25. The number of carbonyl (C=O) groups is 1. The van der Waals surface area contributed by atoms with Gasteiger partial charge in [-0.3, -0.25) is 4.79 Å². The van der Waals surface area contributed by atoms with Crippen LogP contribution in [-0.2, 0) is 10.5 Å². The third-order valence-electron chi connectivity index (χ3n) is 3.16. The second-order valence-corrected chi connectivity index (χ2v) is 4.83. The third-order valence-corrected chi connectivity index (χ3v) is 3.52. The van der Waals surface area contributed by atoms with Crippen LogP contribution >= 0.6 is 12.6 Å². The molecule has 1 amide bonds. The van der Waals surface area contributed by atoms with Gasteiger partial charge in [0.15, 0.2) is 5.71 Å². The summed E-state index contributed by atoms with van der Waals surface area (Å²) in [5, 5.41) is 10.9. The van der Waals surface area contributed by atoms with Gasteiger partial charge in [-0.1, -0.05) is 30.4 Å². The summed E-state index contributed by atoms with van der Waals surface area (Å²) in [5.74, 6) is 0.445. The maximum atomic E-state index is 12.2. The zero-order chi connectivity index (χ0) is 13.9. The molecular formula is C15H13N3OS. The molecule has 5 heteroatoms. The Balaban J connectivity index is 1.74. The molecule has 0 saturated heterocycles. The van der Waals surface area contributed by atoms with Crippen LogP contribution in [0.1, 0.15) is 12.0 Å². The second kappa shape index (κ2) is 5.46. The highest BCUT2D eigenvalue weighted by molar-refractivity contribution is 7.79. The standard InChI is InChI=1S/C15H13N3OS/c19-15(16-11-7-5-10(9-20)6-8-11)14-12-3-1-2-4-13(12)17-18-14/h1-3,5-8,20H,4,9H2,(H,16,19). The molecule has 0 unspecified atom stereocenters. The van der Waals surface area contributed by atoms with Gasteiger partial charge in [0.25, 0.3) is 5.91 Å². The fourth-order valence-corrected chi connectivity index (χ4v) is 2.29. The maximum absolute atomic E-state index is 12.2. The molecule has 20 heavy (non-hydrogen) atoms. The Labute approximate surface area is 122 Å². The number of anilines is 1. The van der Waals surface area contributed by atoms with Crippen molar-refractivity contribution in [1.29, 1.82) is 0 Å². The van der Waals surface area contributed by atoms with Crippen LogP contribution in [0.3, 0.4) is 0 Å². The molecule has 0 radical (unpaired) electrons. The SMILES string of the molecule is O=C(Nc1ccc(CS)cc1)C1=NN=C2CC=CC=C21. The number of amides is 1. The molecular weight excluding hydrogens is 270 g/mol. The number of thiol groups is 1. The van der Waals surface area contributed by atoms with Gasteiger partial charge < -0.3 is 5.32 Å². The van der Waals surface area contributed by atoms with Crippen molar-refractivity contribution in [1.82, 2.24) is 0 Å². The predicted molar refractivity (Wildman–Crippen MR) is 84.5 cm³/mol. The summed E-state index contributed by atoms with van der Waals surface area (Å²) in [6, 6.07) is 7.58. The molecule has 4 nitrogen and oxygen atoms in total. The largest absolute Gasteiger partial charge is 0.321 e. The highest BCUT2D eigenvalue weighted by Gasteiger charge is 2.25. The average molecular weight is 283 g/mol. The van der Waals surface area contributed by atoms with E-state index in [1.54, 1.807) is 0 Å². The third kappa shape index (κ3) is 2.44. The Morgan fingerprint density at radius 1 is 1.25 bits per heavy atom. The summed E-state index contributed by atoms with van der Waals surface area (Å²) in [5.41, 5.74) is 3.89. The molecule has 1 aliphatic carbocycles. The summed E-state index contributed by atoms with van der Waals surface area (Å²) in [4.78, 5) is 12.2. The lowest BCUT2D eigenvalue weighted by atomic mass is 9.98. The minimum atomic E-state index is -0.232. The van der Waals surface area contributed by atoms with E-state index in [9.17, 15) is 4.79 Å². The number of hydrogen-bond donors (Lipinski definition) is 2. The number of allylic oxidation sites excluding steroid dienone is 3. The van der Waals surface area contributed by atoms with Crippen LogP contribution in [0.5, 0.6) is 0 Å². The molecule has 1 heterocycles. The molecule has 0 atom stereocenters. The first-order chi connectivity index (χ1) is 9.78. The van der Waals surface area contributed by atoms with Gasteiger partial charge in [0.2, 0.25) is 0 Å². The van der Waals surface area contributed by atoms with Gasteiger partial charge in [0.05, 0.1) is 5.71 Å². The van der Waals surface area contributed by atoms with Crippen molar-refractivity contribution in [2.24, 2.45) is 10.2 Å². The van der Waals surface area contributed by atoms with Crippen molar-refractivity contribution >= 4 is 35.6 Å². The molecule has 1 aliphatic heterocycles. The Kier molecular flexibility index (Phi) is 3.52. The van der Waals surface area contributed by atoms with Crippen LogP contribution in [0, 0.1) is 0 Å². The number of fused-ring (bicyclic) bond motifs is 1. The fourth-order valence-electron chi connectivity index (χ4n) is 2.08. The topological polar surface area (TPSA) is 53.8 Å². The second-order valence-electron chi connectivity index (χ2n) is 4.52. The minimum Gasteiger partial charge on any atom is -0.321 e. The molecule has 1 aromatic rings. The number of rotatable bonds is 3. The Morgan fingerprint density at radius 3 is 2.80 bits per heavy atom. The smallest absolute Gasteiger partial charge is 0.276 e. The zero-order valence-corrected chi connectivity index (χ0v) is 11.6. The van der Waals surface area contributed by atoms with Gasteiger partial charge >= 0.3 is 0 Å². The molecule has 0 aromatic heterocycles. The van der Waals surface area contributed by atoms with Crippen molar-refractivity contribution in [3.8, 4) is 0 Å². The average Bonchev–Trinajstić information content (AvgIpc) is 2.92. The normalized spacial score (nSPS) is 16.1. The van der Waals surface area contributed by atoms with E-state index < -0.39 is 0 Å². The zero-order valence-electron chi connectivity index (χ0n) is 10.7. The van der Waals surface area contributed by atoms with Crippen molar-refractivity contribution in [2.45, 2.75) is 12.2 Å². The van der Waals surface area contributed by atoms with Gasteiger partial charge in [0.1, 0.15) is 0 Å². The number of carbonyl (C=O) groups excluding carboxylic acids is 1. The lowest BCUT2D eigenvalue weighted by Gasteiger charge is -2.09. The van der Waals surface area contributed by atoms with Crippen LogP contribution in [-0.4, -0.2) is 17.3 Å². The van der Waals surface area contributed by atoms with Crippen molar-refractivity contribution < 1.29 is 4.79 Å². The first-order valence-corrected chi connectivity index (χ1v) is 6.94. The van der Waals surface area contributed by atoms with Crippen LogP contribution in [0.4, 0.5) is 5.69 Å². The minimum absolute atomic E-state index is 0.232. The Morgan fingerprint density at radius 2 is 2.05 bits per heavy atom. The number of hydrogen-bond acceptors (Lipinski definition) is 4. The summed E-state index contributed by atoms with van der Waals surface area (Å²) in [6.45, 7) is 0. The lowest BCUT2D eigenvalue weighted by molar-refractivity contribution is -0.110. The quantitative estimate of drug-likeness (QED) is 0.823. The van der Waals surface area contributed by atoms with Crippen LogP contribution < -0.4 is 5.32 Å². The first kappa shape index (κ1) is 12.9. The van der Waals surface area contributed by atoms with Gasteiger partial charge in [-0.15, -0.1) is 5.10 Å². The van der Waals surface area contributed by atoms with E-state index in [2.05, 4.69) is 28.1 Å². The van der Waals surface area contributed by atoms with Crippen molar-refractivity contribution in [2.75, 3.05) is 5.32 Å². The summed E-state index contributed by atoms with van der Waals surface area (Å²) in [6.07, 6.45) is 6.51. The molecule has 0 saturated carbocycles. The summed E-state index contributed by atoms with van der Waals surface area (Å²) >= 11 is 4.20. The van der Waals surface area contributed by atoms with E-state index in [0.29, 0.717) is 11.5 Å². The van der Waals surface area contributed by atoms with Crippen LogP contribution in [0.15, 0.2) is 58.3 Å². The molecule has 0 bridgehead atoms. The summed E-state index contributed by atoms with van der Waals surface area (Å²) in [7, 11) is 0.